The van der Waals surface area contributed by atoms with Crippen molar-refractivity contribution in [1.82, 2.24) is 9.03 Å². The lowest BCUT2D eigenvalue weighted by Gasteiger charge is -2.30. The zero-order chi connectivity index (χ0) is 18.8. The van der Waals surface area contributed by atoms with E-state index in [0.717, 1.165) is 10.4 Å². The second-order valence-corrected chi connectivity index (χ2v) is 10.6. The third-order valence-electron chi connectivity index (χ3n) is 3.58. The molecule has 0 aliphatic heterocycles. The van der Waals surface area contributed by atoms with Gasteiger partial charge >= 0.3 is 0 Å². The zero-order valence-corrected chi connectivity index (χ0v) is 17.6. The highest BCUT2D eigenvalue weighted by Gasteiger charge is 2.31. The summed E-state index contributed by atoms with van der Waals surface area (Å²) in [5.41, 5.74) is 4.95. The van der Waals surface area contributed by atoms with Crippen molar-refractivity contribution >= 4 is 32.5 Å². The van der Waals surface area contributed by atoms with E-state index < -0.39 is 25.6 Å². The van der Waals surface area contributed by atoms with Crippen LogP contribution in [0.25, 0.3) is 0 Å². The van der Waals surface area contributed by atoms with Gasteiger partial charge in [-0.25, -0.2) is 25.9 Å². The van der Waals surface area contributed by atoms with E-state index in [9.17, 15) is 16.8 Å². The zero-order valence-electron chi connectivity index (χ0n) is 15.2. The number of benzene rings is 1. The molecule has 0 saturated heterocycles. The van der Waals surface area contributed by atoms with Crippen LogP contribution < -0.4 is 10.5 Å². The number of nitrogens with one attached hydrogen (secondary N) is 1. The molecule has 0 aromatic heterocycles. The maximum atomic E-state index is 12.7. The summed E-state index contributed by atoms with van der Waals surface area (Å²) in [6.45, 7) is 5.84. The lowest BCUT2D eigenvalue weighted by atomic mass is 9.92. The molecule has 146 valence electrons. The van der Waals surface area contributed by atoms with Gasteiger partial charge in [0.2, 0.25) is 20.0 Å². The summed E-state index contributed by atoms with van der Waals surface area (Å²) in [6, 6.07) is 5.30. The van der Waals surface area contributed by atoms with Crippen molar-refractivity contribution in [2.24, 2.45) is 11.7 Å². The number of nitrogens with zero attached hydrogens (tertiary/aromatic N) is 1. The SMILES string of the molecule is CC(C)CC(C)(CN)NS(=O)(=O)c1cccc(S(=O)(=O)N(C)C)c1.Cl. The Morgan fingerprint density at radius 1 is 1.16 bits per heavy atom. The van der Waals surface area contributed by atoms with Crippen molar-refractivity contribution in [3.05, 3.63) is 24.3 Å². The molecule has 0 aliphatic rings. The standard InChI is InChI=1S/C15H27N3O4S2.ClH/c1-12(2)10-15(3,11-16)17-23(19,20)13-7-6-8-14(9-13)24(21,22)18(4)5;/h6-9,12,17H,10-11,16H2,1-5H3;1H. The molecule has 0 bridgehead atoms. The molecule has 0 heterocycles. The number of hydrogen-bond acceptors (Lipinski definition) is 5. The third-order valence-corrected chi connectivity index (χ3v) is 7.03. The fraction of sp³-hybridized carbons (Fsp3) is 0.600. The summed E-state index contributed by atoms with van der Waals surface area (Å²) in [5, 5.41) is 0. The number of hydrogen-bond donors (Lipinski definition) is 2. The van der Waals surface area contributed by atoms with Gasteiger partial charge in [0.1, 0.15) is 0 Å². The Balaban J connectivity index is 0.00000576. The minimum atomic E-state index is -3.90. The molecule has 3 N–H and O–H groups in total. The second kappa shape index (κ2) is 8.79. The minimum Gasteiger partial charge on any atom is -0.329 e. The first kappa shape index (κ1) is 24.3. The molecule has 1 aromatic carbocycles. The molecule has 0 amide bonds. The van der Waals surface area contributed by atoms with Crippen molar-refractivity contribution in [1.29, 1.82) is 0 Å². The van der Waals surface area contributed by atoms with Gasteiger partial charge in [-0.1, -0.05) is 19.9 Å². The van der Waals surface area contributed by atoms with Crippen LogP contribution in [0.15, 0.2) is 34.1 Å². The van der Waals surface area contributed by atoms with Gasteiger partial charge in [-0.3, -0.25) is 0 Å². The van der Waals surface area contributed by atoms with Gasteiger partial charge in [-0.05, 0) is 37.5 Å². The van der Waals surface area contributed by atoms with Crippen LogP contribution in [0.3, 0.4) is 0 Å². The van der Waals surface area contributed by atoms with E-state index in [-0.39, 0.29) is 34.7 Å². The van der Waals surface area contributed by atoms with Crippen molar-refractivity contribution in [2.75, 3.05) is 20.6 Å². The smallest absolute Gasteiger partial charge is 0.242 e. The van der Waals surface area contributed by atoms with E-state index in [1.807, 2.05) is 13.8 Å². The fourth-order valence-corrected chi connectivity index (χ4v) is 4.96. The van der Waals surface area contributed by atoms with E-state index >= 15 is 0 Å². The second-order valence-electron chi connectivity index (χ2n) is 6.73. The summed E-state index contributed by atoms with van der Waals surface area (Å²) >= 11 is 0. The van der Waals surface area contributed by atoms with Crippen LogP contribution in [0, 0.1) is 5.92 Å². The molecular formula is C15H28ClN3O4S2. The highest BCUT2D eigenvalue weighted by Crippen LogP contribution is 2.22. The van der Waals surface area contributed by atoms with E-state index in [0.29, 0.717) is 6.42 Å². The average Bonchev–Trinajstić information content (AvgIpc) is 2.45. The average molecular weight is 414 g/mol. The van der Waals surface area contributed by atoms with Crippen LogP contribution in [0.5, 0.6) is 0 Å². The van der Waals surface area contributed by atoms with Crippen LogP contribution in [0.2, 0.25) is 0 Å². The van der Waals surface area contributed by atoms with Gasteiger partial charge in [0.05, 0.1) is 9.79 Å². The van der Waals surface area contributed by atoms with Gasteiger partial charge < -0.3 is 5.73 Å². The summed E-state index contributed by atoms with van der Waals surface area (Å²) in [7, 11) is -4.83. The predicted molar refractivity (Wildman–Crippen MR) is 102 cm³/mol. The first-order valence-corrected chi connectivity index (χ1v) is 10.5. The molecular weight excluding hydrogens is 386 g/mol. The monoisotopic (exact) mass is 413 g/mol. The topological polar surface area (TPSA) is 110 Å². The van der Waals surface area contributed by atoms with Gasteiger partial charge in [-0.15, -0.1) is 12.4 Å². The molecule has 1 atom stereocenters. The molecule has 0 spiro atoms. The lowest BCUT2D eigenvalue weighted by molar-refractivity contribution is 0.344. The Kier molecular flexibility index (Phi) is 8.54. The van der Waals surface area contributed by atoms with Crippen molar-refractivity contribution in [2.45, 2.75) is 42.5 Å². The summed E-state index contributed by atoms with van der Waals surface area (Å²) in [6.07, 6.45) is 0.568. The molecule has 10 heteroatoms. The van der Waals surface area contributed by atoms with Gasteiger partial charge in [0.25, 0.3) is 0 Å². The first-order chi connectivity index (χ1) is 10.8. The normalized spacial score (nSPS) is 15.0. The third kappa shape index (κ3) is 6.19. The molecule has 25 heavy (non-hydrogen) atoms. The van der Waals surface area contributed by atoms with Gasteiger partial charge in [-0.2, -0.15) is 0 Å². The van der Waals surface area contributed by atoms with Crippen LogP contribution in [-0.4, -0.2) is 47.3 Å². The Labute approximate surface area is 157 Å². The van der Waals surface area contributed by atoms with Gasteiger partial charge in [0, 0.05) is 26.2 Å². The molecule has 7 nitrogen and oxygen atoms in total. The lowest BCUT2D eigenvalue weighted by Crippen LogP contribution is -2.52. The maximum absolute atomic E-state index is 12.7. The van der Waals surface area contributed by atoms with Crippen LogP contribution in [0.1, 0.15) is 27.2 Å². The van der Waals surface area contributed by atoms with Crippen LogP contribution in [-0.2, 0) is 20.0 Å². The highest BCUT2D eigenvalue weighted by molar-refractivity contribution is 7.90. The van der Waals surface area contributed by atoms with Gasteiger partial charge in [0.15, 0.2) is 0 Å². The molecule has 1 rings (SSSR count). The Morgan fingerprint density at radius 3 is 2.12 bits per heavy atom. The van der Waals surface area contributed by atoms with Crippen molar-refractivity contribution in [3.63, 3.8) is 0 Å². The van der Waals surface area contributed by atoms with E-state index in [1.165, 1.54) is 32.3 Å². The first-order valence-electron chi connectivity index (χ1n) is 7.61. The summed E-state index contributed by atoms with van der Waals surface area (Å²) < 4.78 is 53.4. The number of halogens is 1. The fourth-order valence-electron chi connectivity index (χ4n) is 2.46. The Bertz CT molecular complexity index is 780. The molecule has 0 saturated carbocycles. The number of rotatable bonds is 8. The largest absolute Gasteiger partial charge is 0.329 e. The highest BCUT2D eigenvalue weighted by atomic mass is 35.5. The van der Waals surface area contributed by atoms with Crippen molar-refractivity contribution in [3.8, 4) is 0 Å². The quantitative estimate of drug-likeness (QED) is 0.669. The summed E-state index contributed by atoms with van der Waals surface area (Å²) in [4.78, 5) is -0.178. The molecule has 0 fully saturated rings. The van der Waals surface area contributed by atoms with Crippen LogP contribution in [0.4, 0.5) is 0 Å². The number of sulfonamides is 2. The van der Waals surface area contributed by atoms with E-state index in [2.05, 4.69) is 4.72 Å². The molecule has 1 aromatic rings. The Hall–Kier alpha value is -0.710. The number of nitrogens with two attached hydrogens (primary N) is 1. The summed E-state index contributed by atoms with van der Waals surface area (Å²) in [5.74, 6) is 0.252. The van der Waals surface area contributed by atoms with Crippen LogP contribution >= 0.6 is 12.4 Å². The van der Waals surface area contributed by atoms with E-state index in [1.54, 1.807) is 6.92 Å². The maximum Gasteiger partial charge on any atom is 0.242 e. The minimum absolute atomic E-state index is 0. The molecule has 1 unspecified atom stereocenters. The molecule has 0 radical (unpaired) electrons. The molecule has 0 aliphatic carbocycles. The van der Waals surface area contributed by atoms with E-state index in [4.69, 9.17) is 5.73 Å². The van der Waals surface area contributed by atoms with Crippen molar-refractivity contribution < 1.29 is 16.8 Å². The Morgan fingerprint density at radius 2 is 1.68 bits per heavy atom. The predicted octanol–water partition coefficient (Wildman–Crippen LogP) is 1.40.